The second-order valence-corrected chi connectivity index (χ2v) is 8.32. The number of rotatable bonds is 10. The van der Waals surface area contributed by atoms with Gasteiger partial charge in [0.2, 0.25) is 5.95 Å². The number of pyridine rings is 1. The Morgan fingerprint density at radius 1 is 1.12 bits per heavy atom. The second kappa shape index (κ2) is 11.4. The van der Waals surface area contributed by atoms with Gasteiger partial charge in [0.25, 0.3) is 0 Å². The summed E-state index contributed by atoms with van der Waals surface area (Å²) < 4.78 is 39.5. The van der Waals surface area contributed by atoms with Crippen molar-refractivity contribution >= 4 is 11.8 Å². The summed E-state index contributed by atoms with van der Waals surface area (Å²) in [6, 6.07) is 7.46. The molecule has 0 saturated carbocycles. The van der Waals surface area contributed by atoms with Crippen molar-refractivity contribution in [1.82, 2.24) is 19.9 Å². The Bertz CT molecular complexity index is 830. The summed E-state index contributed by atoms with van der Waals surface area (Å²) in [6.07, 6.45) is 1.40. The molecule has 0 aromatic carbocycles. The third kappa shape index (κ3) is 7.05. The quantitative estimate of drug-likeness (QED) is 0.533. The van der Waals surface area contributed by atoms with Crippen LogP contribution in [0.1, 0.15) is 50.9 Å². The van der Waals surface area contributed by atoms with E-state index >= 15 is 0 Å². The highest BCUT2D eigenvalue weighted by atomic mass is 19.4. The van der Waals surface area contributed by atoms with Crippen molar-refractivity contribution in [2.24, 2.45) is 0 Å². The number of piperazine rings is 1. The molecular weight excluding hydrogens is 417 g/mol. The summed E-state index contributed by atoms with van der Waals surface area (Å²) in [4.78, 5) is 17.2. The van der Waals surface area contributed by atoms with Gasteiger partial charge >= 0.3 is 6.18 Å². The first-order valence-electron chi connectivity index (χ1n) is 11.5. The van der Waals surface area contributed by atoms with E-state index in [4.69, 9.17) is 0 Å². The predicted octanol–water partition coefficient (Wildman–Crippen LogP) is 4.64. The third-order valence-electron chi connectivity index (χ3n) is 5.75. The molecule has 2 aromatic heterocycles. The summed E-state index contributed by atoms with van der Waals surface area (Å²) >= 11 is 0. The number of unbranched alkanes of at least 4 members (excludes halogenated alkanes) is 2. The fourth-order valence-corrected chi connectivity index (χ4v) is 3.92. The summed E-state index contributed by atoms with van der Waals surface area (Å²) in [6.45, 7) is 8.60. The van der Waals surface area contributed by atoms with Crippen LogP contribution in [0.25, 0.3) is 0 Å². The van der Waals surface area contributed by atoms with E-state index < -0.39 is 11.9 Å². The number of nitrogens with one attached hydrogen (secondary N) is 1. The van der Waals surface area contributed by atoms with E-state index in [0.29, 0.717) is 24.7 Å². The molecule has 1 N–H and O–H groups in total. The van der Waals surface area contributed by atoms with Gasteiger partial charge < -0.3 is 10.2 Å². The third-order valence-corrected chi connectivity index (χ3v) is 5.75. The SMILES string of the molecule is CCCCc1cc(C(F)(F)F)nc(NCCCCN2CCN(c3ccccn3)CC2C)n1. The molecule has 6 nitrogen and oxygen atoms in total. The van der Waals surface area contributed by atoms with Crippen molar-refractivity contribution in [1.29, 1.82) is 0 Å². The zero-order valence-electron chi connectivity index (χ0n) is 18.9. The lowest BCUT2D eigenvalue weighted by Gasteiger charge is -2.40. The molecule has 1 fully saturated rings. The van der Waals surface area contributed by atoms with E-state index in [-0.39, 0.29) is 5.95 Å². The molecule has 3 heterocycles. The van der Waals surface area contributed by atoms with Gasteiger partial charge in [-0.2, -0.15) is 13.2 Å². The van der Waals surface area contributed by atoms with Crippen LogP contribution in [0.3, 0.4) is 0 Å². The molecule has 0 spiro atoms. The number of alkyl halides is 3. The van der Waals surface area contributed by atoms with Crippen LogP contribution in [0, 0.1) is 0 Å². The summed E-state index contributed by atoms with van der Waals surface area (Å²) in [5.41, 5.74) is -0.433. The average molecular weight is 451 g/mol. The molecule has 176 valence electrons. The van der Waals surface area contributed by atoms with E-state index in [2.05, 4.69) is 37.0 Å². The zero-order valence-corrected chi connectivity index (χ0v) is 18.9. The molecule has 1 aliphatic heterocycles. The normalized spacial score (nSPS) is 17.5. The Morgan fingerprint density at radius 3 is 2.66 bits per heavy atom. The Kier molecular flexibility index (Phi) is 8.67. The highest BCUT2D eigenvalue weighted by Crippen LogP contribution is 2.29. The van der Waals surface area contributed by atoms with Gasteiger partial charge in [-0.15, -0.1) is 0 Å². The van der Waals surface area contributed by atoms with E-state index in [9.17, 15) is 13.2 Å². The number of nitrogens with zero attached hydrogens (tertiary/aromatic N) is 5. The molecular formula is C23H33F3N6. The standard InChI is InChI=1S/C23H33F3N6/c1-3-4-9-19-16-20(23(24,25)26)30-22(29-19)28-12-7-8-13-31-14-15-32(17-18(31)2)21-10-5-6-11-27-21/h5-6,10-11,16,18H,3-4,7-9,12-15,17H2,1-2H3,(H,28,29,30). The Hall–Kier alpha value is -2.42. The lowest BCUT2D eigenvalue weighted by molar-refractivity contribution is -0.141. The van der Waals surface area contributed by atoms with Gasteiger partial charge in [0.15, 0.2) is 0 Å². The molecule has 3 rings (SSSR count). The Labute approximate surface area is 188 Å². The molecule has 1 saturated heterocycles. The lowest BCUT2D eigenvalue weighted by atomic mass is 10.1. The molecule has 0 bridgehead atoms. The summed E-state index contributed by atoms with van der Waals surface area (Å²) in [5, 5.41) is 2.99. The van der Waals surface area contributed by atoms with Gasteiger partial charge in [0, 0.05) is 44.1 Å². The monoisotopic (exact) mass is 450 g/mol. The van der Waals surface area contributed by atoms with Crippen LogP contribution < -0.4 is 10.2 Å². The van der Waals surface area contributed by atoms with Crippen molar-refractivity contribution in [3.8, 4) is 0 Å². The highest BCUT2D eigenvalue weighted by molar-refractivity contribution is 5.38. The fraction of sp³-hybridized carbons (Fsp3) is 0.609. The maximum Gasteiger partial charge on any atom is 0.433 e. The Morgan fingerprint density at radius 2 is 1.97 bits per heavy atom. The minimum Gasteiger partial charge on any atom is -0.354 e. The van der Waals surface area contributed by atoms with Crippen LogP contribution >= 0.6 is 0 Å². The first-order valence-corrected chi connectivity index (χ1v) is 11.5. The first kappa shape index (κ1) is 24.2. The minimum absolute atomic E-state index is 0.0725. The average Bonchev–Trinajstić information content (AvgIpc) is 2.78. The van der Waals surface area contributed by atoms with Crippen molar-refractivity contribution in [2.75, 3.05) is 42.9 Å². The number of anilines is 2. The maximum atomic E-state index is 13.2. The van der Waals surface area contributed by atoms with E-state index in [0.717, 1.165) is 63.7 Å². The van der Waals surface area contributed by atoms with Crippen LogP contribution in [-0.2, 0) is 12.6 Å². The number of hydrogen-bond donors (Lipinski definition) is 1. The van der Waals surface area contributed by atoms with E-state index in [1.54, 1.807) is 0 Å². The fourth-order valence-electron chi connectivity index (χ4n) is 3.92. The second-order valence-electron chi connectivity index (χ2n) is 8.32. The first-order chi connectivity index (χ1) is 15.4. The summed E-state index contributed by atoms with van der Waals surface area (Å²) in [5.74, 6) is 1.09. The van der Waals surface area contributed by atoms with E-state index in [1.807, 2.05) is 31.3 Å². The number of hydrogen-bond acceptors (Lipinski definition) is 6. The predicted molar refractivity (Wildman–Crippen MR) is 121 cm³/mol. The molecule has 32 heavy (non-hydrogen) atoms. The van der Waals surface area contributed by atoms with E-state index in [1.165, 1.54) is 0 Å². The van der Waals surface area contributed by atoms with Crippen molar-refractivity contribution in [2.45, 2.75) is 58.2 Å². The molecule has 1 unspecified atom stereocenters. The highest BCUT2D eigenvalue weighted by Gasteiger charge is 2.33. The molecule has 2 aromatic rings. The largest absolute Gasteiger partial charge is 0.433 e. The van der Waals surface area contributed by atoms with Crippen LogP contribution in [0.5, 0.6) is 0 Å². The molecule has 9 heteroatoms. The molecule has 0 amide bonds. The van der Waals surface area contributed by atoms with Gasteiger partial charge in [-0.25, -0.2) is 15.0 Å². The van der Waals surface area contributed by atoms with Crippen molar-refractivity contribution in [3.05, 3.63) is 41.9 Å². The van der Waals surface area contributed by atoms with Gasteiger partial charge in [0.1, 0.15) is 11.5 Å². The molecule has 0 aliphatic carbocycles. The van der Waals surface area contributed by atoms with Crippen molar-refractivity contribution < 1.29 is 13.2 Å². The van der Waals surface area contributed by atoms with Crippen molar-refractivity contribution in [3.63, 3.8) is 0 Å². The van der Waals surface area contributed by atoms with Gasteiger partial charge in [-0.05, 0) is 57.4 Å². The Balaban J connectivity index is 1.43. The molecule has 0 radical (unpaired) electrons. The number of halogens is 3. The van der Waals surface area contributed by atoms with Gasteiger partial charge in [-0.1, -0.05) is 19.4 Å². The molecule has 1 atom stereocenters. The van der Waals surface area contributed by atoms with Crippen LogP contribution in [-0.4, -0.2) is 58.6 Å². The van der Waals surface area contributed by atoms with Crippen LogP contribution in [0.2, 0.25) is 0 Å². The minimum atomic E-state index is -4.46. The van der Waals surface area contributed by atoms with Crippen LogP contribution in [0.4, 0.5) is 24.9 Å². The lowest BCUT2D eigenvalue weighted by Crippen LogP contribution is -2.52. The molecule has 1 aliphatic rings. The number of aryl methyl sites for hydroxylation is 1. The van der Waals surface area contributed by atoms with Gasteiger partial charge in [0.05, 0.1) is 0 Å². The maximum absolute atomic E-state index is 13.2. The topological polar surface area (TPSA) is 57.2 Å². The van der Waals surface area contributed by atoms with Gasteiger partial charge in [-0.3, -0.25) is 4.90 Å². The zero-order chi connectivity index (χ0) is 23.0. The number of aromatic nitrogens is 3. The van der Waals surface area contributed by atoms with Crippen LogP contribution in [0.15, 0.2) is 30.5 Å². The summed E-state index contributed by atoms with van der Waals surface area (Å²) in [7, 11) is 0. The smallest absolute Gasteiger partial charge is 0.354 e.